The monoisotopic (exact) mass is 306 g/mol. The molecule has 0 aromatic heterocycles. The molecule has 0 unspecified atom stereocenters. The van der Waals surface area contributed by atoms with Crippen molar-refractivity contribution in [2.24, 2.45) is 0 Å². The van der Waals surface area contributed by atoms with Crippen molar-refractivity contribution in [3.8, 4) is 0 Å². The normalized spacial score (nSPS) is 10.3. The first-order valence-corrected chi connectivity index (χ1v) is 7.46. The van der Waals surface area contributed by atoms with E-state index in [2.05, 4.69) is 5.32 Å². The number of amides is 1. The molecule has 3 N–H and O–H groups in total. The SMILES string of the molecule is Cc1ccccc1SCC(=O)Nc1cc(N)ccc1Cl. The molecule has 0 saturated carbocycles. The summed E-state index contributed by atoms with van der Waals surface area (Å²) >= 11 is 7.50. The summed E-state index contributed by atoms with van der Waals surface area (Å²) in [5.41, 5.74) is 7.94. The molecule has 5 heteroatoms. The zero-order chi connectivity index (χ0) is 14.5. The lowest BCUT2D eigenvalue weighted by Crippen LogP contribution is -2.14. The van der Waals surface area contributed by atoms with Gasteiger partial charge in [0.2, 0.25) is 5.91 Å². The molecule has 0 atom stereocenters. The number of nitrogens with one attached hydrogen (secondary N) is 1. The van der Waals surface area contributed by atoms with Crippen LogP contribution >= 0.6 is 23.4 Å². The van der Waals surface area contributed by atoms with Gasteiger partial charge in [0.15, 0.2) is 0 Å². The summed E-state index contributed by atoms with van der Waals surface area (Å²) in [6.07, 6.45) is 0. The highest BCUT2D eigenvalue weighted by molar-refractivity contribution is 8.00. The predicted molar refractivity (Wildman–Crippen MR) is 86.4 cm³/mol. The molecule has 2 rings (SSSR count). The Labute approximate surface area is 127 Å². The van der Waals surface area contributed by atoms with Crippen LogP contribution in [0.5, 0.6) is 0 Å². The fraction of sp³-hybridized carbons (Fsp3) is 0.133. The molecule has 0 saturated heterocycles. The number of carbonyl (C=O) groups excluding carboxylic acids is 1. The maximum atomic E-state index is 11.9. The first kappa shape index (κ1) is 14.8. The van der Waals surface area contributed by atoms with Crippen LogP contribution in [0.3, 0.4) is 0 Å². The molecule has 2 aromatic rings. The van der Waals surface area contributed by atoms with Gasteiger partial charge >= 0.3 is 0 Å². The number of nitrogens with two attached hydrogens (primary N) is 1. The van der Waals surface area contributed by atoms with Crippen LogP contribution in [0, 0.1) is 6.92 Å². The molecule has 104 valence electrons. The zero-order valence-corrected chi connectivity index (χ0v) is 12.6. The molecule has 3 nitrogen and oxygen atoms in total. The van der Waals surface area contributed by atoms with Gasteiger partial charge in [0.25, 0.3) is 0 Å². The van der Waals surface area contributed by atoms with E-state index in [-0.39, 0.29) is 5.91 Å². The summed E-state index contributed by atoms with van der Waals surface area (Å²) in [5, 5.41) is 3.25. The van der Waals surface area contributed by atoms with Gasteiger partial charge < -0.3 is 11.1 Å². The number of nitrogen functional groups attached to an aromatic ring is 1. The van der Waals surface area contributed by atoms with Crippen LogP contribution < -0.4 is 11.1 Å². The quantitative estimate of drug-likeness (QED) is 0.664. The third kappa shape index (κ3) is 3.92. The topological polar surface area (TPSA) is 55.1 Å². The van der Waals surface area contributed by atoms with Crippen LogP contribution in [0.4, 0.5) is 11.4 Å². The summed E-state index contributed by atoms with van der Waals surface area (Å²) in [7, 11) is 0. The fourth-order valence-corrected chi connectivity index (χ4v) is 2.68. The molecule has 0 aliphatic rings. The smallest absolute Gasteiger partial charge is 0.234 e. The van der Waals surface area contributed by atoms with E-state index in [0.29, 0.717) is 22.2 Å². The number of thioether (sulfide) groups is 1. The molecule has 2 aromatic carbocycles. The van der Waals surface area contributed by atoms with Gasteiger partial charge in [-0.25, -0.2) is 0 Å². The summed E-state index contributed by atoms with van der Waals surface area (Å²) < 4.78 is 0. The second kappa shape index (κ2) is 6.68. The molecule has 0 heterocycles. The van der Waals surface area contributed by atoms with Crippen LogP contribution in [-0.4, -0.2) is 11.7 Å². The summed E-state index contributed by atoms with van der Waals surface area (Å²) in [5.74, 6) is 0.224. The van der Waals surface area contributed by atoms with Crippen molar-refractivity contribution >= 4 is 40.6 Å². The van der Waals surface area contributed by atoms with E-state index in [1.807, 2.05) is 31.2 Å². The van der Waals surface area contributed by atoms with E-state index < -0.39 is 0 Å². The maximum Gasteiger partial charge on any atom is 0.234 e. The van der Waals surface area contributed by atoms with E-state index in [9.17, 15) is 4.79 Å². The summed E-state index contributed by atoms with van der Waals surface area (Å²) in [6, 6.07) is 13.0. The first-order chi connectivity index (χ1) is 9.56. The van der Waals surface area contributed by atoms with Gasteiger partial charge in [-0.05, 0) is 36.8 Å². The summed E-state index contributed by atoms with van der Waals surface area (Å²) in [6.45, 7) is 2.02. The number of hydrogen-bond donors (Lipinski definition) is 2. The predicted octanol–water partition coefficient (Wildman–Crippen LogP) is 3.96. The Balaban J connectivity index is 1.96. The Hall–Kier alpha value is -1.65. The third-order valence-electron chi connectivity index (χ3n) is 2.72. The Morgan fingerprint density at radius 2 is 2.05 bits per heavy atom. The minimum atomic E-state index is -0.106. The minimum Gasteiger partial charge on any atom is -0.399 e. The van der Waals surface area contributed by atoms with Gasteiger partial charge in [-0.15, -0.1) is 11.8 Å². The van der Waals surface area contributed by atoms with Gasteiger partial charge in [0, 0.05) is 10.6 Å². The van der Waals surface area contributed by atoms with Crippen molar-refractivity contribution in [1.82, 2.24) is 0 Å². The van der Waals surface area contributed by atoms with Crippen molar-refractivity contribution in [3.05, 3.63) is 53.1 Å². The van der Waals surface area contributed by atoms with Crippen molar-refractivity contribution in [3.63, 3.8) is 0 Å². The van der Waals surface area contributed by atoms with Gasteiger partial charge in [-0.1, -0.05) is 29.8 Å². The van der Waals surface area contributed by atoms with Crippen molar-refractivity contribution in [1.29, 1.82) is 0 Å². The average molecular weight is 307 g/mol. The van der Waals surface area contributed by atoms with Crippen molar-refractivity contribution < 1.29 is 4.79 Å². The molecule has 0 radical (unpaired) electrons. The van der Waals surface area contributed by atoms with E-state index in [4.69, 9.17) is 17.3 Å². The zero-order valence-electron chi connectivity index (χ0n) is 11.0. The highest BCUT2D eigenvalue weighted by Crippen LogP contribution is 2.25. The molecular formula is C15H15ClN2OS. The van der Waals surface area contributed by atoms with Crippen LogP contribution in [0.15, 0.2) is 47.4 Å². The van der Waals surface area contributed by atoms with Gasteiger partial charge in [0.1, 0.15) is 0 Å². The first-order valence-electron chi connectivity index (χ1n) is 6.09. The molecule has 0 bridgehead atoms. The van der Waals surface area contributed by atoms with E-state index in [0.717, 1.165) is 10.5 Å². The number of rotatable bonds is 4. The largest absolute Gasteiger partial charge is 0.399 e. The number of hydrogen-bond acceptors (Lipinski definition) is 3. The van der Waals surface area contributed by atoms with E-state index in [1.54, 1.807) is 18.2 Å². The van der Waals surface area contributed by atoms with Gasteiger partial charge in [-0.3, -0.25) is 4.79 Å². The number of halogens is 1. The van der Waals surface area contributed by atoms with Crippen LogP contribution in [0.2, 0.25) is 5.02 Å². The molecule has 1 amide bonds. The lowest BCUT2D eigenvalue weighted by Gasteiger charge is -2.09. The lowest BCUT2D eigenvalue weighted by atomic mass is 10.2. The number of aryl methyl sites for hydroxylation is 1. The highest BCUT2D eigenvalue weighted by Gasteiger charge is 2.08. The molecular weight excluding hydrogens is 292 g/mol. The Kier molecular flexibility index (Phi) is 4.93. The Bertz CT molecular complexity index is 631. The number of carbonyl (C=O) groups is 1. The van der Waals surface area contributed by atoms with Crippen molar-refractivity contribution in [2.75, 3.05) is 16.8 Å². The number of benzene rings is 2. The van der Waals surface area contributed by atoms with E-state index >= 15 is 0 Å². The third-order valence-corrected chi connectivity index (χ3v) is 4.22. The number of anilines is 2. The van der Waals surface area contributed by atoms with E-state index in [1.165, 1.54) is 11.8 Å². The molecule has 0 aliphatic heterocycles. The second-order valence-corrected chi connectivity index (χ2v) is 5.77. The second-order valence-electron chi connectivity index (χ2n) is 4.34. The maximum absolute atomic E-state index is 11.9. The fourth-order valence-electron chi connectivity index (χ4n) is 1.69. The molecule has 0 fully saturated rings. The van der Waals surface area contributed by atoms with Crippen LogP contribution in [0.25, 0.3) is 0 Å². The average Bonchev–Trinajstić information content (AvgIpc) is 2.42. The molecule has 20 heavy (non-hydrogen) atoms. The Morgan fingerprint density at radius 1 is 1.30 bits per heavy atom. The minimum absolute atomic E-state index is 0.106. The highest BCUT2D eigenvalue weighted by atomic mass is 35.5. The van der Waals surface area contributed by atoms with Crippen LogP contribution in [-0.2, 0) is 4.79 Å². The van der Waals surface area contributed by atoms with Crippen molar-refractivity contribution in [2.45, 2.75) is 11.8 Å². The molecule has 0 aliphatic carbocycles. The molecule has 0 spiro atoms. The van der Waals surface area contributed by atoms with Gasteiger partial charge in [0.05, 0.1) is 16.5 Å². The van der Waals surface area contributed by atoms with Crippen LogP contribution in [0.1, 0.15) is 5.56 Å². The Morgan fingerprint density at radius 3 is 2.80 bits per heavy atom. The lowest BCUT2D eigenvalue weighted by molar-refractivity contribution is -0.113. The van der Waals surface area contributed by atoms with Gasteiger partial charge in [-0.2, -0.15) is 0 Å². The standard InChI is InChI=1S/C15H15ClN2OS/c1-10-4-2-3-5-14(10)20-9-15(19)18-13-8-11(17)6-7-12(13)16/h2-8H,9,17H2,1H3,(H,18,19). The summed E-state index contributed by atoms with van der Waals surface area (Å²) in [4.78, 5) is 13.0.